The Hall–Kier alpha value is -0.120. The summed E-state index contributed by atoms with van der Waals surface area (Å²) >= 11 is 0. The van der Waals surface area contributed by atoms with Crippen molar-refractivity contribution in [1.29, 1.82) is 0 Å². The minimum atomic E-state index is -0.417. The van der Waals surface area contributed by atoms with Gasteiger partial charge in [0.1, 0.15) is 0 Å². The highest BCUT2D eigenvalue weighted by atomic mass is 16.5. The van der Waals surface area contributed by atoms with E-state index in [0.717, 1.165) is 32.3 Å². The van der Waals surface area contributed by atoms with Gasteiger partial charge in [0.05, 0.1) is 12.2 Å². The van der Waals surface area contributed by atoms with E-state index in [1.54, 1.807) is 0 Å². The summed E-state index contributed by atoms with van der Waals surface area (Å²) in [6.45, 7) is 9.09. The first-order chi connectivity index (χ1) is 6.89. The smallest absolute Gasteiger partial charge is 0.0623 e. The lowest BCUT2D eigenvalue weighted by molar-refractivity contribution is -0.0240. The third-order valence-electron chi connectivity index (χ3n) is 3.18. The van der Waals surface area contributed by atoms with Crippen LogP contribution in [0.25, 0.3) is 0 Å². The molecule has 3 nitrogen and oxygen atoms in total. The predicted octanol–water partition coefficient (Wildman–Crippen LogP) is 2.07. The third-order valence-corrected chi connectivity index (χ3v) is 3.18. The van der Waals surface area contributed by atoms with Crippen LogP contribution in [0.2, 0.25) is 0 Å². The van der Waals surface area contributed by atoms with E-state index in [1.807, 2.05) is 6.92 Å². The Morgan fingerprint density at radius 2 is 1.80 bits per heavy atom. The van der Waals surface area contributed by atoms with E-state index < -0.39 is 5.54 Å². The van der Waals surface area contributed by atoms with Gasteiger partial charge in [-0.15, -0.1) is 0 Å². The summed E-state index contributed by atoms with van der Waals surface area (Å²) in [5.41, 5.74) is 5.52. The van der Waals surface area contributed by atoms with E-state index in [0.29, 0.717) is 0 Å². The van der Waals surface area contributed by atoms with Gasteiger partial charge in [-0.25, -0.2) is 0 Å². The van der Waals surface area contributed by atoms with Gasteiger partial charge in [-0.3, -0.25) is 0 Å². The molecule has 1 atom stereocenters. The number of nitrogens with two attached hydrogens (primary N) is 1. The average molecular weight is 217 g/mol. The fourth-order valence-corrected chi connectivity index (χ4v) is 1.24. The van der Waals surface area contributed by atoms with Crippen molar-refractivity contribution in [3.05, 3.63) is 0 Å². The first kappa shape index (κ1) is 14.9. The SMILES string of the molecule is CCC(N)(CO)CCCOC(C)(C)CC. The Kier molecular flexibility index (Phi) is 6.41. The Morgan fingerprint density at radius 3 is 2.20 bits per heavy atom. The minimum Gasteiger partial charge on any atom is -0.394 e. The molecule has 92 valence electrons. The fourth-order valence-electron chi connectivity index (χ4n) is 1.24. The molecule has 0 aromatic carbocycles. The summed E-state index contributed by atoms with van der Waals surface area (Å²) in [5.74, 6) is 0. The van der Waals surface area contributed by atoms with Crippen LogP contribution in [0.5, 0.6) is 0 Å². The second-order valence-electron chi connectivity index (χ2n) is 4.94. The van der Waals surface area contributed by atoms with Gasteiger partial charge in [-0.1, -0.05) is 13.8 Å². The first-order valence-electron chi connectivity index (χ1n) is 5.93. The molecule has 0 bridgehead atoms. The largest absolute Gasteiger partial charge is 0.394 e. The quantitative estimate of drug-likeness (QED) is 0.612. The maximum absolute atomic E-state index is 9.12. The first-order valence-corrected chi connectivity index (χ1v) is 5.93. The number of hydrogen-bond donors (Lipinski definition) is 2. The number of ether oxygens (including phenoxy) is 1. The van der Waals surface area contributed by atoms with Crippen molar-refractivity contribution < 1.29 is 9.84 Å². The van der Waals surface area contributed by atoms with Crippen molar-refractivity contribution in [2.75, 3.05) is 13.2 Å². The number of aliphatic hydroxyl groups is 1. The fraction of sp³-hybridized carbons (Fsp3) is 1.00. The van der Waals surface area contributed by atoms with Crippen molar-refractivity contribution in [3.8, 4) is 0 Å². The van der Waals surface area contributed by atoms with Crippen LogP contribution < -0.4 is 5.73 Å². The van der Waals surface area contributed by atoms with Crippen LogP contribution >= 0.6 is 0 Å². The molecule has 0 amide bonds. The summed E-state index contributed by atoms with van der Waals surface area (Å²) in [5, 5.41) is 9.12. The summed E-state index contributed by atoms with van der Waals surface area (Å²) in [6, 6.07) is 0. The molecular formula is C12H27NO2. The van der Waals surface area contributed by atoms with Crippen molar-refractivity contribution in [3.63, 3.8) is 0 Å². The molecule has 0 spiro atoms. The summed E-state index contributed by atoms with van der Waals surface area (Å²) in [4.78, 5) is 0. The number of rotatable bonds is 8. The van der Waals surface area contributed by atoms with Crippen LogP contribution in [-0.4, -0.2) is 29.5 Å². The summed E-state index contributed by atoms with van der Waals surface area (Å²) in [6.07, 6.45) is 3.54. The topological polar surface area (TPSA) is 55.5 Å². The van der Waals surface area contributed by atoms with Crippen LogP contribution in [0, 0.1) is 0 Å². The molecule has 0 aliphatic carbocycles. The third kappa shape index (κ3) is 6.13. The molecule has 0 aromatic heterocycles. The molecule has 3 heteroatoms. The van der Waals surface area contributed by atoms with Crippen molar-refractivity contribution in [2.45, 2.75) is 64.5 Å². The van der Waals surface area contributed by atoms with Gasteiger partial charge in [0.2, 0.25) is 0 Å². The molecule has 0 fully saturated rings. The van der Waals surface area contributed by atoms with Crippen molar-refractivity contribution >= 4 is 0 Å². The molecule has 0 aliphatic heterocycles. The van der Waals surface area contributed by atoms with E-state index in [1.165, 1.54) is 0 Å². The molecule has 1 unspecified atom stereocenters. The van der Waals surface area contributed by atoms with Gasteiger partial charge in [0, 0.05) is 12.1 Å². The van der Waals surface area contributed by atoms with Crippen LogP contribution in [-0.2, 0) is 4.74 Å². The molecule has 0 rings (SSSR count). The highest BCUT2D eigenvalue weighted by Gasteiger charge is 2.21. The maximum Gasteiger partial charge on any atom is 0.0623 e. The number of aliphatic hydroxyl groups excluding tert-OH is 1. The van der Waals surface area contributed by atoms with E-state index in [-0.39, 0.29) is 12.2 Å². The zero-order chi connectivity index (χ0) is 11.9. The molecule has 15 heavy (non-hydrogen) atoms. The highest BCUT2D eigenvalue weighted by Crippen LogP contribution is 2.17. The van der Waals surface area contributed by atoms with E-state index in [9.17, 15) is 0 Å². The Balaban J connectivity index is 3.71. The lowest BCUT2D eigenvalue weighted by Gasteiger charge is -2.27. The highest BCUT2D eigenvalue weighted by molar-refractivity contribution is 4.81. The molecule has 0 heterocycles. The molecular weight excluding hydrogens is 190 g/mol. The van der Waals surface area contributed by atoms with Crippen molar-refractivity contribution in [2.24, 2.45) is 5.73 Å². The summed E-state index contributed by atoms with van der Waals surface area (Å²) in [7, 11) is 0. The Bertz CT molecular complexity index is 165. The normalized spacial score (nSPS) is 16.4. The monoisotopic (exact) mass is 217 g/mol. The van der Waals surface area contributed by atoms with Crippen LogP contribution in [0.3, 0.4) is 0 Å². The van der Waals surface area contributed by atoms with Gasteiger partial charge >= 0.3 is 0 Å². The minimum absolute atomic E-state index is 0.0390. The molecule has 0 radical (unpaired) electrons. The molecule has 3 N–H and O–H groups in total. The maximum atomic E-state index is 9.12. The average Bonchev–Trinajstić information content (AvgIpc) is 2.24. The van der Waals surface area contributed by atoms with Gasteiger partial charge in [-0.05, 0) is 39.5 Å². The van der Waals surface area contributed by atoms with E-state index in [2.05, 4.69) is 20.8 Å². The van der Waals surface area contributed by atoms with Crippen LogP contribution in [0.1, 0.15) is 53.4 Å². The summed E-state index contributed by atoms with van der Waals surface area (Å²) < 4.78 is 5.73. The second kappa shape index (κ2) is 6.46. The number of hydrogen-bond acceptors (Lipinski definition) is 3. The standard InChI is InChI=1S/C12H27NO2/c1-5-11(3,4)15-9-7-8-12(13,6-2)10-14/h14H,5-10,13H2,1-4H3. The zero-order valence-corrected chi connectivity index (χ0v) is 10.7. The van der Waals surface area contributed by atoms with Gasteiger partial charge < -0.3 is 15.6 Å². The molecule has 0 saturated heterocycles. The predicted molar refractivity (Wildman–Crippen MR) is 63.9 cm³/mol. The van der Waals surface area contributed by atoms with Crippen LogP contribution in [0.4, 0.5) is 0 Å². The molecule has 0 aliphatic rings. The van der Waals surface area contributed by atoms with Crippen LogP contribution in [0.15, 0.2) is 0 Å². The second-order valence-corrected chi connectivity index (χ2v) is 4.94. The van der Waals surface area contributed by atoms with Gasteiger partial charge in [-0.2, -0.15) is 0 Å². The Morgan fingerprint density at radius 1 is 1.20 bits per heavy atom. The van der Waals surface area contributed by atoms with Gasteiger partial charge in [0.25, 0.3) is 0 Å². The Labute approximate surface area is 94.0 Å². The van der Waals surface area contributed by atoms with Gasteiger partial charge in [0.15, 0.2) is 0 Å². The van der Waals surface area contributed by atoms with E-state index in [4.69, 9.17) is 15.6 Å². The van der Waals surface area contributed by atoms with Crippen molar-refractivity contribution in [1.82, 2.24) is 0 Å². The lowest BCUT2D eigenvalue weighted by Crippen LogP contribution is -2.43. The van der Waals surface area contributed by atoms with E-state index >= 15 is 0 Å². The lowest BCUT2D eigenvalue weighted by atomic mass is 9.93. The zero-order valence-electron chi connectivity index (χ0n) is 10.7. The molecule has 0 saturated carbocycles. The molecule has 0 aromatic rings.